The molecule has 0 spiro atoms. The monoisotopic (exact) mass is 185 g/mol. The predicted molar refractivity (Wildman–Crippen MR) is 46.9 cm³/mol. The first-order valence-corrected chi connectivity index (χ1v) is 3.92. The van der Waals surface area contributed by atoms with Crippen LogP contribution in [0, 0.1) is 11.7 Å². The van der Waals surface area contributed by atoms with Gasteiger partial charge in [-0.15, -0.1) is 0 Å². The average Bonchev–Trinajstić information content (AvgIpc) is 2.17. The van der Waals surface area contributed by atoms with Crippen molar-refractivity contribution in [2.45, 2.75) is 6.92 Å². The number of alkyl halides is 1. The summed E-state index contributed by atoms with van der Waals surface area (Å²) in [5, 5.41) is 0. The van der Waals surface area contributed by atoms with Crippen molar-refractivity contribution in [1.29, 1.82) is 0 Å². The standard InChI is InChI=1S/C10H11F2O/c1-7(6-11)8-4-3-5-9(13-2)10(8)12/h3-5H,6H2,1-2H3. The number of halogens is 2. The highest BCUT2D eigenvalue weighted by Crippen LogP contribution is 2.25. The van der Waals surface area contributed by atoms with Gasteiger partial charge >= 0.3 is 0 Å². The van der Waals surface area contributed by atoms with Crippen LogP contribution in [0.1, 0.15) is 12.5 Å². The van der Waals surface area contributed by atoms with Crippen LogP contribution in [0.3, 0.4) is 0 Å². The molecule has 1 nitrogen and oxygen atoms in total. The van der Waals surface area contributed by atoms with Crippen LogP contribution in [0.25, 0.3) is 0 Å². The molecule has 71 valence electrons. The quantitative estimate of drug-likeness (QED) is 0.703. The molecule has 0 aliphatic carbocycles. The molecule has 3 heteroatoms. The van der Waals surface area contributed by atoms with E-state index in [9.17, 15) is 8.78 Å². The van der Waals surface area contributed by atoms with E-state index in [0.717, 1.165) is 0 Å². The van der Waals surface area contributed by atoms with E-state index in [2.05, 4.69) is 0 Å². The lowest BCUT2D eigenvalue weighted by Crippen LogP contribution is -2.01. The van der Waals surface area contributed by atoms with Gasteiger partial charge in [0.1, 0.15) is 0 Å². The van der Waals surface area contributed by atoms with Crippen molar-refractivity contribution in [3.05, 3.63) is 35.5 Å². The molecular formula is C10H11F2O. The van der Waals surface area contributed by atoms with Crippen molar-refractivity contribution in [3.8, 4) is 5.75 Å². The lowest BCUT2D eigenvalue weighted by molar-refractivity contribution is 0.383. The minimum atomic E-state index is -0.649. The van der Waals surface area contributed by atoms with E-state index < -0.39 is 12.5 Å². The Labute approximate surface area is 76.3 Å². The van der Waals surface area contributed by atoms with E-state index >= 15 is 0 Å². The average molecular weight is 185 g/mol. The van der Waals surface area contributed by atoms with Crippen LogP contribution in [-0.4, -0.2) is 13.8 Å². The van der Waals surface area contributed by atoms with E-state index in [-0.39, 0.29) is 11.3 Å². The molecule has 0 fully saturated rings. The highest BCUT2D eigenvalue weighted by molar-refractivity contribution is 5.38. The molecule has 0 saturated carbocycles. The lowest BCUT2D eigenvalue weighted by Gasteiger charge is -2.10. The van der Waals surface area contributed by atoms with Gasteiger partial charge in [0.15, 0.2) is 11.6 Å². The van der Waals surface area contributed by atoms with Crippen LogP contribution in [0.2, 0.25) is 0 Å². The third-order valence-electron chi connectivity index (χ3n) is 1.84. The van der Waals surface area contributed by atoms with Crippen molar-refractivity contribution >= 4 is 0 Å². The van der Waals surface area contributed by atoms with E-state index in [4.69, 9.17) is 4.74 Å². The van der Waals surface area contributed by atoms with Gasteiger partial charge in [-0.2, -0.15) is 0 Å². The largest absolute Gasteiger partial charge is 0.494 e. The maximum atomic E-state index is 13.4. The second kappa shape index (κ2) is 4.21. The van der Waals surface area contributed by atoms with Gasteiger partial charge in [-0.3, -0.25) is 4.39 Å². The minimum Gasteiger partial charge on any atom is -0.494 e. The van der Waals surface area contributed by atoms with Crippen LogP contribution in [0.4, 0.5) is 8.78 Å². The Morgan fingerprint density at radius 2 is 2.15 bits per heavy atom. The van der Waals surface area contributed by atoms with Crippen molar-refractivity contribution in [1.82, 2.24) is 0 Å². The molecule has 0 aliphatic rings. The maximum absolute atomic E-state index is 13.4. The third kappa shape index (κ3) is 1.97. The summed E-state index contributed by atoms with van der Waals surface area (Å²) in [6.45, 7) is 0.905. The summed E-state index contributed by atoms with van der Waals surface area (Å²) in [6.07, 6.45) is 0. The van der Waals surface area contributed by atoms with E-state index in [1.807, 2.05) is 0 Å². The molecule has 0 aliphatic heterocycles. The Balaban J connectivity index is 3.08. The van der Waals surface area contributed by atoms with Crippen LogP contribution < -0.4 is 4.74 Å². The fourth-order valence-electron chi connectivity index (χ4n) is 1.07. The second-order valence-electron chi connectivity index (χ2n) is 2.74. The zero-order valence-corrected chi connectivity index (χ0v) is 7.60. The fourth-order valence-corrected chi connectivity index (χ4v) is 1.07. The molecule has 1 aromatic carbocycles. The summed E-state index contributed by atoms with van der Waals surface area (Å²) in [5.41, 5.74) is 0.279. The van der Waals surface area contributed by atoms with Gasteiger partial charge in [0.05, 0.1) is 13.8 Å². The lowest BCUT2D eigenvalue weighted by atomic mass is 10.0. The Bertz CT molecular complexity index is 286. The zero-order chi connectivity index (χ0) is 9.84. The SMILES string of the molecule is COc1cccc([C](C)CF)c1F. The second-order valence-corrected chi connectivity index (χ2v) is 2.74. The van der Waals surface area contributed by atoms with Gasteiger partial charge in [-0.05, 0) is 6.07 Å². The van der Waals surface area contributed by atoms with Gasteiger partial charge in [-0.1, -0.05) is 19.1 Å². The Morgan fingerprint density at radius 1 is 1.46 bits per heavy atom. The summed E-state index contributed by atoms with van der Waals surface area (Å²) in [6, 6.07) is 4.67. The third-order valence-corrected chi connectivity index (χ3v) is 1.84. The maximum Gasteiger partial charge on any atom is 0.168 e. The zero-order valence-electron chi connectivity index (χ0n) is 7.60. The molecule has 1 aromatic rings. The summed E-state index contributed by atoms with van der Waals surface area (Å²) in [4.78, 5) is 0. The molecule has 0 bridgehead atoms. The number of rotatable bonds is 3. The molecule has 0 unspecified atom stereocenters. The van der Waals surface area contributed by atoms with Crippen molar-refractivity contribution in [2.75, 3.05) is 13.8 Å². The first-order chi connectivity index (χ1) is 6.20. The number of methoxy groups -OCH3 is 1. The number of hydrogen-bond acceptors (Lipinski definition) is 1. The van der Waals surface area contributed by atoms with Crippen LogP contribution in [0.15, 0.2) is 18.2 Å². The highest BCUT2D eigenvalue weighted by Gasteiger charge is 2.14. The number of ether oxygens (including phenoxy) is 1. The Hall–Kier alpha value is -1.12. The molecule has 0 amide bonds. The van der Waals surface area contributed by atoms with Gasteiger partial charge < -0.3 is 4.74 Å². The Morgan fingerprint density at radius 3 is 2.69 bits per heavy atom. The first kappa shape index (κ1) is 9.96. The molecule has 0 heterocycles. The smallest absolute Gasteiger partial charge is 0.168 e. The minimum absolute atomic E-state index is 0.144. The number of benzene rings is 1. The molecule has 0 atom stereocenters. The topological polar surface area (TPSA) is 9.23 Å². The highest BCUT2D eigenvalue weighted by atomic mass is 19.1. The van der Waals surface area contributed by atoms with Gasteiger partial charge in [-0.25, -0.2) is 4.39 Å². The Kier molecular flexibility index (Phi) is 3.23. The van der Waals surface area contributed by atoms with E-state index in [1.54, 1.807) is 13.0 Å². The van der Waals surface area contributed by atoms with E-state index in [1.165, 1.54) is 19.2 Å². The van der Waals surface area contributed by atoms with Crippen LogP contribution >= 0.6 is 0 Å². The number of hydrogen-bond donors (Lipinski definition) is 0. The predicted octanol–water partition coefficient (Wildman–Crippen LogP) is 2.75. The van der Waals surface area contributed by atoms with Crippen molar-refractivity contribution in [3.63, 3.8) is 0 Å². The molecule has 0 saturated heterocycles. The van der Waals surface area contributed by atoms with Crippen molar-refractivity contribution in [2.24, 2.45) is 0 Å². The van der Waals surface area contributed by atoms with Crippen LogP contribution in [0.5, 0.6) is 5.75 Å². The molecule has 0 N–H and O–H groups in total. The molecule has 0 aromatic heterocycles. The summed E-state index contributed by atoms with van der Waals surface area (Å²) < 4.78 is 30.4. The summed E-state index contributed by atoms with van der Waals surface area (Å²) >= 11 is 0. The van der Waals surface area contributed by atoms with Gasteiger partial charge in [0.25, 0.3) is 0 Å². The molecular weight excluding hydrogens is 174 g/mol. The van der Waals surface area contributed by atoms with Gasteiger partial charge in [0, 0.05) is 11.5 Å². The molecule has 13 heavy (non-hydrogen) atoms. The van der Waals surface area contributed by atoms with Crippen molar-refractivity contribution < 1.29 is 13.5 Å². The fraction of sp³-hybridized carbons (Fsp3) is 0.300. The van der Waals surface area contributed by atoms with Crippen LogP contribution in [-0.2, 0) is 0 Å². The first-order valence-electron chi connectivity index (χ1n) is 3.92. The van der Waals surface area contributed by atoms with Gasteiger partial charge in [0.2, 0.25) is 0 Å². The molecule has 1 radical (unpaired) electrons. The summed E-state index contributed by atoms with van der Waals surface area (Å²) in [5.74, 6) is 0.0156. The van der Waals surface area contributed by atoms with E-state index in [0.29, 0.717) is 5.92 Å². The summed E-state index contributed by atoms with van der Waals surface area (Å²) in [7, 11) is 1.38. The normalized spacial score (nSPS) is 10.5. The molecule has 1 rings (SSSR count).